The number of hydrogen-bond donors (Lipinski definition) is 0. The molecule has 1 saturated heterocycles. The largest absolute Gasteiger partial charge is 0.444 e. The van der Waals surface area contributed by atoms with Gasteiger partial charge in [0.15, 0.2) is 0 Å². The van der Waals surface area contributed by atoms with Crippen LogP contribution in [0.1, 0.15) is 20.8 Å². The average Bonchev–Trinajstić information content (AvgIpc) is 2.45. The number of ether oxygens (including phenoxy) is 1. The van der Waals surface area contributed by atoms with Crippen molar-refractivity contribution in [1.82, 2.24) is 9.80 Å². The van der Waals surface area contributed by atoms with Gasteiger partial charge < -0.3 is 14.5 Å². The van der Waals surface area contributed by atoms with Crippen LogP contribution in [0.15, 0.2) is 0 Å². The van der Waals surface area contributed by atoms with Gasteiger partial charge in [-0.15, -0.1) is 0 Å². The van der Waals surface area contributed by atoms with Crippen molar-refractivity contribution < 1.29 is 19.1 Å². The highest BCUT2D eigenvalue weighted by atomic mass is 79.9. The number of carbonyl (C=O) groups is 3. The van der Waals surface area contributed by atoms with Crippen LogP contribution in [0.25, 0.3) is 0 Å². The minimum absolute atomic E-state index is 0.0162. The predicted octanol–water partition coefficient (Wildman–Crippen LogP) is 2.76. The second kappa shape index (κ2) is 10.6. The van der Waals surface area contributed by atoms with Crippen LogP contribution in [0.4, 0.5) is 4.79 Å². The molecular weight excluding hydrogens is 488 g/mol. The smallest absolute Gasteiger partial charge is 0.410 e. The van der Waals surface area contributed by atoms with E-state index >= 15 is 0 Å². The number of nitrogens with zero attached hydrogens (tertiary/aromatic N) is 2. The molecule has 0 unspecified atom stereocenters. The quantitative estimate of drug-likeness (QED) is 0.425. The minimum atomic E-state index is -0.472. The fourth-order valence-electron chi connectivity index (χ4n) is 1.55. The molecule has 1 fully saturated rings. The Labute approximate surface area is 156 Å². The average molecular weight is 509 g/mol. The first-order chi connectivity index (χ1) is 10.1. The molecule has 1 heterocycles. The van der Waals surface area contributed by atoms with E-state index in [4.69, 9.17) is 4.74 Å². The minimum Gasteiger partial charge on any atom is -0.444 e. The van der Waals surface area contributed by atoms with Gasteiger partial charge in [-0.1, -0.05) is 31.9 Å². The zero-order valence-electron chi connectivity index (χ0n) is 12.9. The van der Waals surface area contributed by atoms with Gasteiger partial charge in [0.2, 0.25) is 10.6 Å². The van der Waals surface area contributed by atoms with Crippen molar-refractivity contribution >= 4 is 64.5 Å². The standard InChI is InChI=1S/C11H19BrN2O3.C2H2Br2O/c1-11(2,3)17-10(16)14-6-4-13(5-7-14)9(15)8-12;3-1-2(4)5/h4-8H2,1-3H3;1H2. The van der Waals surface area contributed by atoms with Gasteiger partial charge in [-0.2, -0.15) is 0 Å². The fraction of sp³-hybridized carbons (Fsp3) is 0.769. The Morgan fingerprint density at radius 3 is 1.68 bits per heavy atom. The maximum absolute atomic E-state index is 11.8. The molecule has 1 aliphatic heterocycles. The normalized spacial score (nSPS) is 14.8. The van der Waals surface area contributed by atoms with E-state index in [0.29, 0.717) is 36.8 Å². The summed E-state index contributed by atoms with van der Waals surface area (Å²) < 4.78 is 5.26. The summed E-state index contributed by atoms with van der Waals surface area (Å²) in [7, 11) is 0. The van der Waals surface area contributed by atoms with E-state index in [0.717, 1.165) is 0 Å². The topological polar surface area (TPSA) is 66.9 Å². The van der Waals surface area contributed by atoms with Crippen molar-refractivity contribution in [3.05, 3.63) is 0 Å². The number of rotatable bonds is 2. The highest BCUT2D eigenvalue weighted by Crippen LogP contribution is 2.12. The van der Waals surface area contributed by atoms with Gasteiger partial charge in [-0.3, -0.25) is 9.59 Å². The van der Waals surface area contributed by atoms with Crippen LogP contribution in [0.3, 0.4) is 0 Å². The Kier molecular flexibility index (Phi) is 10.5. The SMILES string of the molecule is CC(C)(C)OC(=O)N1CCN(C(=O)CBr)CC1.O=C(Br)CBr. The van der Waals surface area contributed by atoms with E-state index in [2.05, 4.69) is 47.8 Å². The maximum atomic E-state index is 11.8. The fourth-order valence-corrected chi connectivity index (χ4v) is 1.90. The highest BCUT2D eigenvalue weighted by Gasteiger charge is 2.27. The second-order valence-corrected chi connectivity index (χ2v) is 7.48. The summed E-state index contributed by atoms with van der Waals surface area (Å²) in [6, 6.07) is 0. The first kappa shape index (κ1) is 21.9. The summed E-state index contributed by atoms with van der Waals surface area (Å²) in [4.78, 5) is 36.2. The van der Waals surface area contributed by atoms with E-state index in [1.54, 1.807) is 9.80 Å². The van der Waals surface area contributed by atoms with Crippen molar-refractivity contribution in [2.24, 2.45) is 0 Å². The third-order valence-corrected chi connectivity index (χ3v) is 4.53. The number of hydrogen-bond acceptors (Lipinski definition) is 4. The molecule has 9 heteroatoms. The molecule has 0 atom stereocenters. The first-order valence-electron chi connectivity index (χ1n) is 6.66. The van der Waals surface area contributed by atoms with Crippen LogP contribution >= 0.6 is 47.8 Å². The molecule has 128 valence electrons. The molecule has 0 aromatic rings. The first-order valence-corrected chi connectivity index (χ1v) is 9.70. The molecule has 0 N–H and O–H groups in total. The lowest BCUT2D eigenvalue weighted by Crippen LogP contribution is -2.51. The zero-order chi connectivity index (χ0) is 17.3. The maximum Gasteiger partial charge on any atom is 0.410 e. The van der Waals surface area contributed by atoms with Crippen LogP contribution < -0.4 is 0 Å². The van der Waals surface area contributed by atoms with Gasteiger partial charge in [-0.05, 0) is 36.7 Å². The molecule has 1 aliphatic rings. The zero-order valence-corrected chi connectivity index (χ0v) is 17.7. The molecule has 1 rings (SSSR count). The van der Waals surface area contributed by atoms with Gasteiger partial charge >= 0.3 is 6.09 Å². The molecule has 22 heavy (non-hydrogen) atoms. The molecule has 0 aliphatic carbocycles. The Hall–Kier alpha value is -0.150. The van der Waals surface area contributed by atoms with E-state index in [1.165, 1.54) is 0 Å². The van der Waals surface area contributed by atoms with Crippen LogP contribution in [0.2, 0.25) is 0 Å². The summed E-state index contributed by atoms with van der Waals surface area (Å²) >= 11 is 8.74. The van der Waals surface area contributed by atoms with Crippen LogP contribution in [-0.2, 0) is 14.3 Å². The Morgan fingerprint density at radius 2 is 1.36 bits per heavy atom. The van der Waals surface area contributed by atoms with Crippen molar-refractivity contribution in [3.63, 3.8) is 0 Å². The summed E-state index contributed by atoms with van der Waals surface area (Å²) in [5, 5.41) is 0.729. The van der Waals surface area contributed by atoms with Gasteiger partial charge in [0.25, 0.3) is 0 Å². The molecule has 0 radical (unpaired) electrons. The predicted molar refractivity (Wildman–Crippen MR) is 95.9 cm³/mol. The van der Waals surface area contributed by atoms with Crippen molar-refractivity contribution in [3.8, 4) is 0 Å². The van der Waals surface area contributed by atoms with Crippen molar-refractivity contribution in [1.29, 1.82) is 0 Å². The van der Waals surface area contributed by atoms with E-state index in [1.807, 2.05) is 20.8 Å². The monoisotopic (exact) mass is 506 g/mol. The van der Waals surface area contributed by atoms with Crippen LogP contribution in [-0.4, -0.2) is 68.9 Å². The molecular formula is C13H21Br3N2O4. The van der Waals surface area contributed by atoms with E-state index < -0.39 is 5.60 Å². The Bertz CT molecular complexity index is 391. The van der Waals surface area contributed by atoms with Gasteiger partial charge in [0, 0.05) is 26.2 Å². The summed E-state index contributed by atoms with van der Waals surface area (Å²) in [6.45, 7) is 7.75. The van der Waals surface area contributed by atoms with E-state index in [9.17, 15) is 14.4 Å². The second-order valence-electron chi connectivity index (χ2n) is 5.47. The van der Waals surface area contributed by atoms with Crippen molar-refractivity contribution in [2.75, 3.05) is 36.8 Å². The molecule has 0 aromatic carbocycles. The van der Waals surface area contributed by atoms with E-state index in [-0.39, 0.29) is 16.7 Å². The number of alkyl halides is 2. The molecule has 6 nitrogen and oxygen atoms in total. The number of piperazine rings is 1. The summed E-state index contributed by atoms with van der Waals surface area (Å²) in [5.74, 6) is 0.0637. The van der Waals surface area contributed by atoms with Gasteiger partial charge in [-0.25, -0.2) is 4.79 Å². The molecule has 0 bridgehead atoms. The third-order valence-electron chi connectivity index (χ3n) is 2.50. The lowest BCUT2D eigenvalue weighted by atomic mass is 10.2. The highest BCUT2D eigenvalue weighted by molar-refractivity contribution is 9.19. The van der Waals surface area contributed by atoms with Crippen LogP contribution in [0, 0.1) is 0 Å². The van der Waals surface area contributed by atoms with Gasteiger partial charge in [0.1, 0.15) is 5.60 Å². The lowest BCUT2D eigenvalue weighted by molar-refractivity contribution is -0.130. The summed E-state index contributed by atoms with van der Waals surface area (Å²) in [6.07, 6.45) is -0.302. The van der Waals surface area contributed by atoms with Gasteiger partial charge in [0.05, 0.1) is 10.7 Å². The number of carbonyl (C=O) groups excluding carboxylic acids is 3. The molecule has 0 spiro atoms. The molecule has 2 amide bonds. The molecule has 0 aromatic heterocycles. The summed E-state index contributed by atoms with van der Waals surface area (Å²) in [5.41, 5.74) is -0.472. The van der Waals surface area contributed by atoms with Crippen molar-refractivity contribution in [2.45, 2.75) is 26.4 Å². The van der Waals surface area contributed by atoms with Crippen LogP contribution in [0.5, 0.6) is 0 Å². The Balaban J connectivity index is 0.000000763. The third kappa shape index (κ3) is 9.78. The number of amides is 2. The molecule has 0 saturated carbocycles. The lowest BCUT2D eigenvalue weighted by Gasteiger charge is -2.35. The number of halogens is 3. The Morgan fingerprint density at radius 1 is 0.955 bits per heavy atom.